The first-order valence-corrected chi connectivity index (χ1v) is 12.6. The average Bonchev–Trinajstić information content (AvgIpc) is 3.29. The number of pyridine rings is 1. The Kier molecular flexibility index (Phi) is 6.80. The summed E-state index contributed by atoms with van der Waals surface area (Å²) in [6, 6.07) is 15.4. The molecule has 3 heterocycles. The summed E-state index contributed by atoms with van der Waals surface area (Å²) in [5.41, 5.74) is 2.31. The van der Waals surface area contributed by atoms with Crippen molar-refractivity contribution >= 4 is 23.1 Å². The predicted molar refractivity (Wildman–Crippen MR) is 133 cm³/mol. The van der Waals surface area contributed by atoms with Crippen molar-refractivity contribution in [3.05, 3.63) is 76.6 Å². The second-order valence-electron chi connectivity index (χ2n) is 8.45. The fraction of sp³-hybridized carbons (Fsp3) is 0.360. The second-order valence-corrected chi connectivity index (χ2v) is 9.39. The Hall–Kier alpha value is -3.33. The van der Waals surface area contributed by atoms with E-state index in [4.69, 9.17) is 4.74 Å². The summed E-state index contributed by atoms with van der Waals surface area (Å²) in [6.45, 7) is 0.576. The van der Waals surface area contributed by atoms with E-state index in [2.05, 4.69) is 25.1 Å². The van der Waals surface area contributed by atoms with Gasteiger partial charge in [0.2, 0.25) is 0 Å². The number of fused-ring (bicyclic) bond motifs is 1. The fourth-order valence-electron chi connectivity index (χ4n) is 4.46. The van der Waals surface area contributed by atoms with Crippen molar-refractivity contribution in [2.75, 3.05) is 12.4 Å². The lowest BCUT2D eigenvalue weighted by Crippen LogP contribution is -2.18. The fourth-order valence-corrected chi connectivity index (χ4v) is 5.38. The molecule has 0 bridgehead atoms. The Bertz CT molecular complexity index is 1330. The Morgan fingerprint density at radius 3 is 2.82 bits per heavy atom. The third-order valence-electron chi connectivity index (χ3n) is 6.17. The minimum atomic E-state index is -0.0712. The maximum absolute atomic E-state index is 12.5. The highest BCUT2D eigenvalue weighted by Crippen LogP contribution is 2.33. The maximum Gasteiger partial charge on any atom is 0.258 e. The number of methoxy groups -OCH3 is 1. The Balaban J connectivity index is 1.37. The number of thioether (sulfide) groups is 1. The number of nitrogens with one attached hydrogen (secondary N) is 1. The molecule has 1 saturated carbocycles. The van der Waals surface area contributed by atoms with Gasteiger partial charge in [0.1, 0.15) is 11.4 Å². The summed E-state index contributed by atoms with van der Waals surface area (Å²) in [4.78, 5) is 17.1. The van der Waals surface area contributed by atoms with Crippen LogP contribution < -0.4 is 15.6 Å². The summed E-state index contributed by atoms with van der Waals surface area (Å²) in [5.74, 6) is 2.30. The highest BCUT2D eigenvalue weighted by Gasteiger charge is 2.23. The minimum Gasteiger partial charge on any atom is -0.497 e. The highest BCUT2D eigenvalue weighted by molar-refractivity contribution is 7.98. The van der Waals surface area contributed by atoms with E-state index in [1.807, 2.05) is 42.5 Å². The van der Waals surface area contributed by atoms with Crippen molar-refractivity contribution in [2.45, 2.75) is 55.6 Å². The number of nitrogens with zero attached hydrogens (tertiary/aromatic N) is 5. The lowest BCUT2D eigenvalue weighted by molar-refractivity contribution is 0.330. The molecular formula is C25H28N6O2S. The van der Waals surface area contributed by atoms with Crippen LogP contribution in [0.1, 0.15) is 49.7 Å². The van der Waals surface area contributed by atoms with Crippen LogP contribution in [0.4, 0.5) is 5.69 Å². The summed E-state index contributed by atoms with van der Waals surface area (Å²) >= 11 is 1.59. The van der Waals surface area contributed by atoms with Gasteiger partial charge in [0.15, 0.2) is 11.0 Å². The SMILES string of the molecule is COc1cccc(NCc2nnc(SCc3cc(=O)n4ccccc4n3)n2C2CCCCC2)c1. The van der Waals surface area contributed by atoms with Gasteiger partial charge in [0, 0.05) is 35.8 Å². The molecule has 34 heavy (non-hydrogen) atoms. The minimum absolute atomic E-state index is 0.0712. The molecule has 9 heteroatoms. The molecule has 1 aromatic carbocycles. The van der Waals surface area contributed by atoms with Gasteiger partial charge < -0.3 is 14.6 Å². The van der Waals surface area contributed by atoms with Crippen molar-refractivity contribution in [1.82, 2.24) is 24.1 Å². The highest BCUT2D eigenvalue weighted by atomic mass is 32.2. The zero-order chi connectivity index (χ0) is 23.3. The van der Waals surface area contributed by atoms with Crippen molar-refractivity contribution in [1.29, 1.82) is 0 Å². The smallest absolute Gasteiger partial charge is 0.258 e. The second kappa shape index (κ2) is 10.3. The van der Waals surface area contributed by atoms with Crippen LogP contribution in [0.5, 0.6) is 5.75 Å². The quantitative estimate of drug-likeness (QED) is 0.369. The predicted octanol–water partition coefficient (Wildman–Crippen LogP) is 4.70. The molecule has 1 aliphatic rings. The molecule has 1 N–H and O–H groups in total. The first-order chi connectivity index (χ1) is 16.7. The first kappa shape index (κ1) is 22.5. The van der Waals surface area contributed by atoms with E-state index in [1.54, 1.807) is 35.5 Å². The molecule has 0 atom stereocenters. The van der Waals surface area contributed by atoms with E-state index >= 15 is 0 Å². The summed E-state index contributed by atoms with van der Waals surface area (Å²) in [7, 11) is 1.67. The number of rotatable bonds is 8. The first-order valence-electron chi connectivity index (χ1n) is 11.6. The van der Waals surface area contributed by atoms with Crippen LogP contribution in [0.25, 0.3) is 5.65 Å². The molecule has 1 aliphatic carbocycles. The molecule has 0 unspecified atom stereocenters. The van der Waals surface area contributed by atoms with Crippen LogP contribution in [0.3, 0.4) is 0 Å². The molecule has 0 radical (unpaired) electrons. The van der Waals surface area contributed by atoms with Crippen LogP contribution in [0.2, 0.25) is 0 Å². The molecule has 5 rings (SSSR count). The van der Waals surface area contributed by atoms with Gasteiger partial charge in [-0.2, -0.15) is 0 Å². The lowest BCUT2D eigenvalue weighted by atomic mass is 9.95. The molecule has 0 amide bonds. The largest absolute Gasteiger partial charge is 0.497 e. The molecule has 0 spiro atoms. The van der Waals surface area contributed by atoms with E-state index < -0.39 is 0 Å². The number of benzene rings is 1. The van der Waals surface area contributed by atoms with E-state index in [0.717, 1.165) is 41.0 Å². The monoisotopic (exact) mass is 476 g/mol. The number of hydrogen-bond acceptors (Lipinski definition) is 7. The van der Waals surface area contributed by atoms with Crippen LogP contribution in [0.15, 0.2) is 64.7 Å². The van der Waals surface area contributed by atoms with E-state index in [9.17, 15) is 4.79 Å². The Morgan fingerprint density at radius 2 is 1.97 bits per heavy atom. The summed E-state index contributed by atoms with van der Waals surface area (Å²) in [5, 5.41) is 13.4. The van der Waals surface area contributed by atoms with Crippen molar-refractivity contribution < 1.29 is 4.74 Å². The van der Waals surface area contributed by atoms with Gasteiger partial charge in [0.05, 0.1) is 19.3 Å². The van der Waals surface area contributed by atoms with Gasteiger partial charge in [-0.15, -0.1) is 10.2 Å². The van der Waals surface area contributed by atoms with Gasteiger partial charge in [-0.25, -0.2) is 4.98 Å². The molecule has 3 aromatic heterocycles. The normalized spacial score (nSPS) is 14.4. The van der Waals surface area contributed by atoms with Crippen molar-refractivity contribution in [2.24, 2.45) is 0 Å². The zero-order valence-corrected chi connectivity index (χ0v) is 20.0. The van der Waals surface area contributed by atoms with Gasteiger partial charge >= 0.3 is 0 Å². The topological polar surface area (TPSA) is 86.3 Å². The molecule has 1 fully saturated rings. The molecule has 176 valence electrons. The van der Waals surface area contributed by atoms with Gasteiger partial charge in [-0.3, -0.25) is 9.20 Å². The molecule has 4 aromatic rings. The molecule has 0 aliphatic heterocycles. The van der Waals surface area contributed by atoms with Gasteiger partial charge in [-0.1, -0.05) is 43.2 Å². The number of hydrogen-bond donors (Lipinski definition) is 1. The van der Waals surface area contributed by atoms with Crippen molar-refractivity contribution in [3.8, 4) is 5.75 Å². The van der Waals surface area contributed by atoms with Crippen molar-refractivity contribution in [3.63, 3.8) is 0 Å². The van der Waals surface area contributed by atoms with Gasteiger partial charge in [-0.05, 0) is 37.1 Å². The van der Waals surface area contributed by atoms with E-state index in [0.29, 0.717) is 24.0 Å². The maximum atomic E-state index is 12.5. The van der Waals surface area contributed by atoms with Crippen LogP contribution in [-0.4, -0.2) is 31.3 Å². The average molecular weight is 477 g/mol. The Morgan fingerprint density at radius 1 is 1.09 bits per heavy atom. The van der Waals surface area contributed by atoms with Crippen LogP contribution in [-0.2, 0) is 12.3 Å². The lowest BCUT2D eigenvalue weighted by Gasteiger charge is -2.25. The number of aromatic nitrogens is 5. The molecule has 0 saturated heterocycles. The Labute approximate surface area is 202 Å². The zero-order valence-electron chi connectivity index (χ0n) is 19.2. The third kappa shape index (κ3) is 4.94. The van der Waals surface area contributed by atoms with Crippen LogP contribution >= 0.6 is 11.8 Å². The number of ether oxygens (including phenoxy) is 1. The molecular weight excluding hydrogens is 448 g/mol. The van der Waals surface area contributed by atoms with Gasteiger partial charge in [0.25, 0.3) is 5.56 Å². The standard InChI is InChI=1S/C25H28N6O2S/c1-33-21-11-7-8-18(14-21)26-16-23-28-29-25(31(23)20-9-3-2-4-10-20)34-17-19-15-24(32)30-13-6-5-12-22(30)27-19/h5-8,11-15,20,26H,2-4,9-10,16-17H2,1H3. The summed E-state index contributed by atoms with van der Waals surface area (Å²) < 4.78 is 9.19. The third-order valence-corrected chi connectivity index (χ3v) is 7.15. The van der Waals surface area contributed by atoms with E-state index in [-0.39, 0.29) is 5.56 Å². The number of anilines is 1. The van der Waals surface area contributed by atoms with Crippen LogP contribution in [0, 0.1) is 0 Å². The molecule has 8 nitrogen and oxygen atoms in total. The van der Waals surface area contributed by atoms with E-state index in [1.165, 1.54) is 19.3 Å². The summed E-state index contributed by atoms with van der Waals surface area (Å²) in [6.07, 6.45) is 7.73.